The van der Waals surface area contributed by atoms with E-state index in [2.05, 4.69) is 34.5 Å². The van der Waals surface area contributed by atoms with Gasteiger partial charge in [-0.3, -0.25) is 9.59 Å². The molecular weight excluding hydrogens is 362 g/mol. The third kappa shape index (κ3) is 2.99. The Morgan fingerprint density at radius 1 is 1.19 bits per heavy atom. The molecule has 1 aliphatic heterocycles. The van der Waals surface area contributed by atoms with Gasteiger partial charge in [-0.15, -0.1) is 0 Å². The van der Waals surface area contributed by atoms with Crippen LogP contribution in [0.3, 0.4) is 0 Å². The molecule has 1 saturated heterocycles. The van der Waals surface area contributed by atoms with Crippen molar-refractivity contribution in [3.63, 3.8) is 0 Å². The van der Waals surface area contributed by atoms with Crippen molar-refractivity contribution in [2.24, 2.45) is 0 Å². The lowest BCUT2D eigenvalue weighted by atomic mass is 9.76. The number of H-pyrrole nitrogens is 1. The highest BCUT2D eigenvalue weighted by Gasteiger charge is 2.45. The molecule has 0 atom stereocenters. The lowest BCUT2D eigenvalue weighted by Gasteiger charge is -2.39. The van der Waals surface area contributed by atoms with Crippen molar-refractivity contribution in [2.45, 2.75) is 64.2 Å². The number of aryl methyl sites for hydroxylation is 1. The SMILES string of the molecule is Cc1nsnc1C(=O)N1CCC2(CCc3c2nc(C(C)(C)C)[nH]c3=O)CC1. The molecule has 2 aromatic rings. The molecule has 4 rings (SSSR count). The summed E-state index contributed by atoms with van der Waals surface area (Å²) in [5, 5.41) is 0. The number of hydrogen-bond donors (Lipinski definition) is 1. The van der Waals surface area contributed by atoms with Crippen LogP contribution in [0.4, 0.5) is 0 Å². The van der Waals surface area contributed by atoms with Gasteiger partial charge >= 0.3 is 0 Å². The summed E-state index contributed by atoms with van der Waals surface area (Å²) in [4.78, 5) is 35.1. The predicted octanol–water partition coefficient (Wildman–Crippen LogP) is 2.35. The lowest BCUT2D eigenvalue weighted by Crippen LogP contribution is -2.45. The fourth-order valence-electron chi connectivity index (χ4n) is 4.21. The van der Waals surface area contributed by atoms with E-state index in [1.165, 1.54) is 0 Å². The van der Waals surface area contributed by atoms with E-state index in [0.717, 1.165) is 54.5 Å². The van der Waals surface area contributed by atoms with Gasteiger partial charge in [0.05, 0.1) is 23.1 Å². The Kier molecular flexibility index (Phi) is 4.21. The number of nitrogens with zero attached hydrogens (tertiary/aromatic N) is 4. The van der Waals surface area contributed by atoms with E-state index >= 15 is 0 Å². The van der Waals surface area contributed by atoms with Crippen LogP contribution in [-0.4, -0.2) is 42.6 Å². The van der Waals surface area contributed by atoms with Gasteiger partial charge in [-0.1, -0.05) is 20.8 Å². The smallest absolute Gasteiger partial charge is 0.275 e. The molecule has 1 N–H and O–H groups in total. The Labute approximate surface area is 162 Å². The van der Waals surface area contributed by atoms with Gasteiger partial charge in [-0.25, -0.2) is 4.98 Å². The molecule has 7 nitrogen and oxygen atoms in total. The second-order valence-electron chi connectivity index (χ2n) is 8.76. The van der Waals surface area contributed by atoms with Gasteiger partial charge in [-0.05, 0) is 32.6 Å². The average Bonchev–Trinajstić information content (AvgIpc) is 3.19. The number of rotatable bonds is 1. The van der Waals surface area contributed by atoms with Crippen LogP contribution >= 0.6 is 11.7 Å². The van der Waals surface area contributed by atoms with Gasteiger partial charge in [0.1, 0.15) is 5.82 Å². The van der Waals surface area contributed by atoms with Crippen molar-refractivity contribution < 1.29 is 4.79 Å². The topological polar surface area (TPSA) is 91.8 Å². The van der Waals surface area contributed by atoms with Gasteiger partial charge in [0, 0.05) is 29.5 Å². The highest BCUT2D eigenvalue weighted by atomic mass is 32.1. The molecule has 1 fully saturated rings. The molecule has 8 heteroatoms. The van der Waals surface area contributed by atoms with Crippen LogP contribution in [0.25, 0.3) is 0 Å². The van der Waals surface area contributed by atoms with Crippen LogP contribution in [0.15, 0.2) is 4.79 Å². The average molecular weight is 388 g/mol. The number of nitrogens with one attached hydrogen (secondary N) is 1. The molecule has 1 aliphatic carbocycles. The Balaban J connectivity index is 1.60. The van der Waals surface area contributed by atoms with E-state index in [-0.39, 0.29) is 22.3 Å². The molecular formula is C19H25N5O2S. The van der Waals surface area contributed by atoms with Gasteiger partial charge < -0.3 is 9.88 Å². The highest BCUT2D eigenvalue weighted by Crippen LogP contribution is 2.44. The predicted molar refractivity (Wildman–Crippen MR) is 103 cm³/mol. The zero-order valence-electron chi connectivity index (χ0n) is 16.3. The minimum absolute atomic E-state index is 0.00415. The number of amides is 1. The van der Waals surface area contributed by atoms with Crippen molar-refractivity contribution in [1.29, 1.82) is 0 Å². The monoisotopic (exact) mass is 387 g/mol. The summed E-state index contributed by atoms with van der Waals surface area (Å²) < 4.78 is 8.26. The van der Waals surface area contributed by atoms with Crippen molar-refractivity contribution in [2.75, 3.05) is 13.1 Å². The van der Waals surface area contributed by atoms with Crippen LogP contribution in [0, 0.1) is 6.92 Å². The second-order valence-corrected chi connectivity index (χ2v) is 9.29. The van der Waals surface area contributed by atoms with E-state index in [1.807, 2.05) is 11.8 Å². The summed E-state index contributed by atoms with van der Waals surface area (Å²) in [6, 6.07) is 0. The van der Waals surface area contributed by atoms with Crippen LogP contribution in [0.5, 0.6) is 0 Å². The molecule has 0 bridgehead atoms. The van der Waals surface area contributed by atoms with Crippen molar-refractivity contribution in [1.82, 2.24) is 23.6 Å². The van der Waals surface area contributed by atoms with E-state index in [1.54, 1.807) is 0 Å². The third-order valence-corrected chi connectivity index (χ3v) is 6.56. The van der Waals surface area contributed by atoms with Crippen LogP contribution in [0.1, 0.15) is 73.3 Å². The maximum absolute atomic E-state index is 12.7. The van der Waals surface area contributed by atoms with E-state index in [9.17, 15) is 9.59 Å². The van der Waals surface area contributed by atoms with Gasteiger partial charge in [0.25, 0.3) is 11.5 Å². The molecule has 0 unspecified atom stereocenters. The third-order valence-electron chi connectivity index (χ3n) is 5.94. The van der Waals surface area contributed by atoms with Crippen LogP contribution in [0.2, 0.25) is 0 Å². The molecule has 0 saturated carbocycles. The van der Waals surface area contributed by atoms with E-state index in [0.29, 0.717) is 24.5 Å². The Hall–Kier alpha value is -2.09. The minimum Gasteiger partial charge on any atom is -0.337 e. The van der Waals surface area contributed by atoms with Gasteiger partial charge in [0.15, 0.2) is 5.69 Å². The number of likely N-dealkylation sites (tertiary alicyclic amines) is 1. The first-order valence-corrected chi connectivity index (χ1v) is 10.2. The van der Waals surface area contributed by atoms with E-state index in [4.69, 9.17) is 4.98 Å². The Morgan fingerprint density at radius 2 is 1.89 bits per heavy atom. The van der Waals surface area contributed by atoms with Crippen LogP contribution < -0.4 is 5.56 Å². The van der Waals surface area contributed by atoms with Crippen molar-refractivity contribution >= 4 is 17.6 Å². The summed E-state index contributed by atoms with van der Waals surface area (Å²) in [5.41, 5.74) is 2.67. The molecule has 1 spiro atoms. The second kappa shape index (κ2) is 6.22. The molecule has 2 aromatic heterocycles. The first-order valence-electron chi connectivity index (χ1n) is 9.44. The molecule has 1 amide bonds. The summed E-state index contributed by atoms with van der Waals surface area (Å²) in [6.07, 6.45) is 3.38. The summed E-state index contributed by atoms with van der Waals surface area (Å²) >= 11 is 1.08. The largest absolute Gasteiger partial charge is 0.337 e. The number of piperidine rings is 1. The maximum Gasteiger partial charge on any atom is 0.275 e. The quantitative estimate of drug-likeness (QED) is 0.811. The maximum atomic E-state index is 12.7. The molecule has 27 heavy (non-hydrogen) atoms. The Bertz CT molecular complexity index is 948. The highest BCUT2D eigenvalue weighted by molar-refractivity contribution is 6.99. The molecule has 2 aliphatic rings. The fourth-order valence-corrected chi connectivity index (χ4v) is 4.75. The molecule has 0 aromatic carbocycles. The van der Waals surface area contributed by atoms with Crippen molar-refractivity contribution in [3.05, 3.63) is 38.8 Å². The number of aromatic amines is 1. The summed E-state index contributed by atoms with van der Waals surface area (Å²) in [5.74, 6) is 0.707. The van der Waals surface area contributed by atoms with E-state index < -0.39 is 0 Å². The first kappa shape index (κ1) is 18.3. The van der Waals surface area contributed by atoms with Crippen LogP contribution in [-0.2, 0) is 17.3 Å². The number of carbonyl (C=O) groups is 1. The number of carbonyl (C=O) groups excluding carboxylic acids is 1. The summed E-state index contributed by atoms with van der Waals surface area (Å²) in [7, 11) is 0. The van der Waals surface area contributed by atoms with Crippen molar-refractivity contribution in [3.8, 4) is 0 Å². The number of fused-ring (bicyclic) bond motifs is 2. The summed E-state index contributed by atoms with van der Waals surface area (Å²) in [6.45, 7) is 9.32. The Morgan fingerprint density at radius 3 is 2.48 bits per heavy atom. The standard InChI is InChI=1S/C19H25N5O2S/c1-11-13(23-27-22-11)16(26)24-9-7-19(8-10-24)6-5-12-14(19)20-17(18(2,3)4)21-15(12)25/h5-10H2,1-4H3,(H,20,21,25). The molecule has 0 radical (unpaired) electrons. The molecule has 144 valence electrons. The lowest BCUT2D eigenvalue weighted by molar-refractivity contribution is 0.0657. The first-order chi connectivity index (χ1) is 12.7. The fraction of sp³-hybridized carbons (Fsp3) is 0.632. The minimum atomic E-state index is -0.205. The molecule has 3 heterocycles. The van der Waals surface area contributed by atoms with Gasteiger partial charge in [0.2, 0.25) is 0 Å². The number of aromatic nitrogens is 4. The zero-order chi connectivity index (χ0) is 19.4. The normalized spacial score (nSPS) is 18.7. The van der Waals surface area contributed by atoms with Gasteiger partial charge in [-0.2, -0.15) is 8.75 Å². The zero-order valence-corrected chi connectivity index (χ0v) is 17.1. The number of hydrogen-bond acceptors (Lipinski definition) is 6.